The van der Waals surface area contributed by atoms with Crippen molar-refractivity contribution in [3.63, 3.8) is 0 Å². The van der Waals surface area contributed by atoms with Crippen molar-refractivity contribution in [3.05, 3.63) is 86.3 Å². The van der Waals surface area contributed by atoms with Crippen LogP contribution in [0, 0.1) is 20.8 Å². The molecule has 38 heavy (non-hydrogen) atoms. The fourth-order valence-electron chi connectivity index (χ4n) is 4.28. The van der Waals surface area contributed by atoms with Crippen molar-refractivity contribution in [1.29, 1.82) is 0 Å². The molecule has 3 aromatic heterocycles. The van der Waals surface area contributed by atoms with E-state index in [1.807, 2.05) is 39.8 Å². The van der Waals surface area contributed by atoms with E-state index in [1.165, 1.54) is 10.5 Å². The Hall–Kier alpha value is -4.11. The highest BCUT2D eigenvalue weighted by molar-refractivity contribution is 5.97. The molecular weight excluding hydrogens is 484 g/mol. The monoisotopic (exact) mass is 516 g/mol. The average molecular weight is 517 g/mol. The van der Waals surface area contributed by atoms with Crippen molar-refractivity contribution in [2.24, 2.45) is 4.99 Å². The van der Waals surface area contributed by atoms with E-state index in [-0.39, 0.29) is 28.6 Å². The lowest BCUT2D eigenvalue weighted by molar-refractivity contribution is 0.0523. The van der Waals surface area contributed by atoms with Crippen molar-refractivity contribution in [3.8, 4) is 0 Å². The smallest absolute Gasteiger partial charge is 0.341 e. The summed E-state index contributed by atoms with van der Waals surface area (Å²) < 4.78 is 13.9. The number of carbonyl (C=O) groups is 2. The Bertz CT molecular complexity index is 1670. The molecule has 0 N–H and O–H groups in total. The van der Waals surface area contributed by atoms with Gasteiger partial charge in [0.2, 0.25) is 0 Å². The van der Waals surface area contributed by atoms with Gasteiger partial charge in [-0.25, -0.2) is 9.78 Å². The fourth-order valence-corrected chi connectivity index (χ4v) is 4.28. The van der Waals surface area contributed by atoms with E-state index in [9.17, 15) is 14.4 Å². The molecule has 0 atom stereocenters. The highest BCUT2D eigenvalue weighted by Crippen LogP contribution is 2.15. The summed E-state index contributed by atoms with van der Waals surface area (Å²) >= 11 is 0. The maximum Gasteiger partial charge on any atom is 0.341 e. The number of nitrogens with zero attached hydrogens (tertiary/aromatic N) is 4. The molecular formula is C29H32N4O5. The number of carbonyl (C=O) groups excluding carboxylic acids is 2. The normalized spacial score (nSPS) is 11.9. The first kappa shape index (κ1) is 26.9. The zero-order valence-corrected chi connectivity index (χ0v) is 22.4. The second kappa shape index (κ2) is 11.5. The molecule has 4 rings (SSSR count). The van der Waals surface area contributed by atoms with Gasteiger partial charge in [-0.1, -0.05) is 12.1 Å². The summed E-state index contributed by atoms with van der Waals surface area (Å²) in [6.45, 7) is 10.8. The summed E-state index contributed by atoms with van der Waals surface area (Å²) in [5, 5.41) is 0.227. The van der Waals surface area contributed by atoms with Crippen LogP contribution in [0.25, 0.3) is 16.7 Å². The Morgan fingerprint density at radius 1 is 0.974 bits per heavy atom. The fraction of sp³-hybridized carbons (Fsp3) is 0.345. The number of hydrogen-bond acceptors (Lipinski definition) is 6. The van der Waals surface area contributed by atoms with Crippen LogP contribution in [0.15, 0.2) is 52.4 Å². The number of hydrogen-bond donors (Lipinski definition) is 0. The molecule has 0 saturated heterocycles. The number of amides is 1. The minimum absolute atomic E-state index is 0.0273. The summed E-state index contributed by atoms with van der Waals surface area (Å²) in [6.07, 6.45) is 2.19. The Morgan fingerprint density at radius 3 is 2.47 bits per heavy atom. The Kier molecular flexibility index (Phi) is 8.16. The minimum atomic E-state index is -0.673. The van der Waals surface area contributed by atoms with E-state index < -0.39 is 11.9 Å². The zero-order valence-electron chi connectivity index (χ0n) is 22.4. The van der Waals surface area contributed by atoms with Crippen molar-refractivity contribution in [2.45, 2.75) is 47.6 Å². The van der Waals surface area contributed by atoms with Gasteiger partial charge >= 0.3 is 5.97 Å². The SMILES string of the molecule is CCOCCCn1c(=NC(=O)c2ccc(C)c(C)c2)c(C(=O)OCC)cc2c(=O)n3cccc(C)c3nc21. The number of fused-ring (bicyclic) bond motifs is 2. The van der Waals surface area contributed by atoms with Gasteiger partial charge in [-0.2, -0.15) is 4.99 Å². The van der Waals surface area contributed by atoms with Gasteiger partial charge in [0, 0.05) is 31.5 Å². The second-order valence-corrected chi connectivity index (χ2v) is 9.06. The van der Waals surface area contributed by atoms with Gasteiger partial charge in [-0.15, -0.1) is 0 Å². The van der Waals surface area contributed by atoms with Gasteiger partial charge in [0.1, 0.15) is 16.9 Å². The number of ether oxygens (including phenoxy) is 2. The lowest BCUT2D eigenvalue weighted by atomic mass is 10.1. The molecule has 0 spiro atoms. The van der Waals surface area contributed by atoms with Crippen LogP contribution < -0.4 is 11.0 Å². The Morgan fingerprint density at radius 2 is 1.76 bits per heavy atom. The molecule has 198 valence electrons. The maximum absolute atomic E-state index is 13.6. The number of aryl methyl sites for hydroxylation is 4. The average Bonchev–Trinajstić information content (AvgIpc) is 2.89. The van der Waals surface area contributed by atoms with Crippen LogP contribution in [0.4, 0.5) is 0 Å². The van der Waals surface area contributed by atoms with Crippen LogP contribution in [-0.4, -0.2) is 45.6 Å². The first-order chi connectivity index (χ1) is 18.3. The topological polar surface area (TPSA) is 104 Å². The van der Waals surface area contributed by atoms with Gasteiger partial charge in [-0.05, 0) is 82.0 Å². The first-order valence-corrected chi connectivity index (χ1v) is 12.7. The number of esters is 1. The summed E-state index contributed by atoms with van der Waals surface area (Å²) in [6, 6.07) is 10.4. The van der Waals surface area contributed by atoms with Crippen LogP contribution in [0.3, 0.4) is 0 Å². The van der Waals surface area contributed by atoms with Crippen LogP contribution >= 0.6 is 0 Å². The van der Waals surface area contributed by atoms with Gasteiger partial charge in [0.15, 0.2) is 5.49 Å². The Balaban J connectivity index is 2.08. The van der Waals surface area contributed by atoms with E-state index in [1.54, 1.807) is 35.9 Å². The van der Waals surface area contributed by atoms with Crippen LogP contribution in [0.5, 0.6) is 0 Å². The molecule has 3 heterocycles. The minimum Gasteiger partial charge on any atom is -0.462 e. The van der Waals surface area contributed by atoms with Gasteiger partial charge < -0.3 is 14.0 Å². The molecule has 9 nitrogen and oxygen atoms in total. The molecule has 9 heteroatoms. The van der Waals surface area contributed by atoms with Crippen LogP contribution in [-0.2, 0) is 16.0 Å². The van der Waals surface area contributed by atoms with E-state index in [4.69, 9.17) is 14.5 Å². The molecule has 0 aliphatic carbocycles. The number of aromatic nitrogens is 3. The van der Waals surface area contributed by atoms with Crippen molar-refractivity contribution >= 4 is 28.6 Å². The second-order valence-electron chi connectivity index (χ2n) is 9.06. The third-order valence-electron chi connectivity index (χ3n) is 6.44. The summed E-state index contributed by atoms with van der Waals surface area (Å²) in [5.74, 6) is -1.18. The first-order valence-electron chi connectivity index (χ1n) is 12.7. The highest BCUT2D eigenvalue weighted by Gasteiger charge is 2.20. The van der Waals surface area contributed by atoms with Crippen molar-refractivity contribution in [2.75, 3.05) is 19.8 Å². The summed E-state index contributed by atoms with van der Waals surface area (Å²) in [5.41, 5.74) is 3.83. The van der Waals surface area contributed by atoms with E-state index in [2.05, 4.69) is 4.99 Å². The summed E-state index contributed by atoms with van der Waals surface area (Å²) in [7, 11) is 0. The van der Waals surface area contributed by atoms with Gasteiger partial charge in [-0.3, -0.25) is 14.0 Å². The molecule has 0 aliphatic heterocycles. The molecule has 0 fully saturated rings. The molecule has 0 aliphatic rings. The number of pyridine rings is 2. The summed E-state index contributed by atoms with van der Waals surface area (Å²) in [4.78, 5) is 49.3. The Labute approximate surface area is 220 Å². The lowest BCUT2D eigenvalue weighted by Crippen LogP contribution is -2.33. The molecule has 0 saturated carbocycles. The maximum atomic E-state index is 13.6. The largest absolute Gasteiger partial charge is 0.462 e. The van der Waals surface area contributed by atoms with Crippen LogP contribution in [0.1, 0.15) is 57.7 Å². The zero-order chi connectivity index (χ0) is 27.4. The predicted molar refractivity (Wildman–Crippen MR) is 145 cm³/mol. The van der Waals surface area contributed by atoms with E-state index in [0.29, 0.717) is 43.0 Å². The van der Waals surface area contributed by atoms with E-state index in [0.717, 1.165) is 16.7 Å². The quantitative estimate of drug-likeness (QED) is 0.200. The molecule has 4 aromatic rings. The molecule has 1 amide bonds. The van der Waals surface area contributed by atoms with Crippen molar-refractivity contribution < 1.29 is 19.1 Å². The molecule has 0 unspecified atom stereocenters. The number of rotatable bonds is 8. The predicted octanol–water partition coefficient (Wildman–Crippen LogP) is 3.92. The molecule has 0 bridgehead atoms. The standard InChI is InChI=1S/C29H32N4O5/c1-6-37-15-9-14-32-25-22(28(35)33-13-8-10-19(4)24(33)30-25)17-23(29(36)38-7-2)26(32)31-27(34)21-12-11-18(3)20(5)16-21/h8,10-13,16-17H,6-7,9,14-15H2,1-5H3. The van der Waals surface area contributed by atoms with Gasteiger partial charge in [0.25, 0.3) is 11.5 Å². The van der Waals surface area contributed by atoms with Crippen molar-refractivity contribution in [1.82, 2.24) is 14.0 Å². The highest BCUT2D eigenvalue weighted by atomic mass is 16.5. The number of benzene rings is 1. The van der Waals surface area contributed by atoms with Gasteiger partial charge in [0.05, 0.1) is 12.0 Å². The van der Waals surface area contributed by atoms with E-state index >= 15 is 0 Å². The molecule has 0 radical (unpaired) electrons. The lowest BCUT2D eigenvalue weighted by Gasteiger charge is -2.15. The molecule has 1 aromatic carbocycles. The third kappa shape index (κ3) is 5.28. The third-order valence-corrected chi connectivity index (χ3v) is 6.44. The van der Waals surface area contributed by atoms with Crippen LogP contribution in [0.2, 0.25) is 0 Å².